The van der Waals surface area contributed by atoms with Crippen molar-refractivity contribution in [1.82, 2.24) is 0 Å². The lowest BCUT2D eigenvalue weighted by Gasteiger charge is -2.16. The Hall–Kier alpha value is -2.20. The normalized spacial score (nSPS) is 11.7. The van der Waals surface area contributed by atoms with E-state index in [1.807, 2.05) is 6.07 Å². The third kappa shape index (κ3) is 3.22. The molecule has 0 aromatic heterocycles. The number of carboxylic acids is 1. The molecule has 2 rings (SSSR count). The maximum Gasteiger partial charge on any atom is 0.330 e. The second-order valence-electron chi connectivity index (χ2n) is 4.18. The van der Waals surface area contributed by atoms with Gasteiger partial charge in [0.15, 0.2) is 6.04 Å². The monoisotopic (exact) mass is 291 g/mol. The van der Waals surface area contributed by atoms with E-state index in [0.29, 0.717) is 22.0 Å². The minimum absolute atomic E-state index is 0.426. The molecule has 0 bridgehead atoms. The molecule has 5 heteroatoms. The molecule has 0 aliphatic rings. The molecule has 0 radical (unpaired) electrons. The van der Waals surface area contributed by atoms with Gasteiger partial charge in [-0.25, -0.2) is 4.79 Å². The lowest BCUT2D eigenvalue weighted by molar-refractivity contribution is -0.138. The lowest BCUT2D eigenvalue weighted by atomic mass is 10.1. The van der Waals surface area contributed by atoms with Crippen LogP contribution in [0, 0.1) is 0 Å². The third-order valence-electron chi connectivity index (χ3n) is 2.84. The van der Waals surface area contributed by atoms with Crippen LogP contribution in [0.5, 0.6) is 5.75 Å². The number of carboxylic acid groups (broad SMARTS) is 1. The van der Waals surface area contributed by atoms with E-state index in [1.54, 1.807) is 42.5 Å². The highest BCUT2D eigenvalue weighted by Gasteiger charge is 2.19. The Kier molecular flexibility index (Phi) is 4.48. The molecule has 0 saturated carbocycles. The van der Waals surface area contributed by atoms with Crippen LogP contribution in [0.3, 0.4) is 0 Å². The molecule has 2 N–H and O–H groups in total. The van der Waals surface area contributed by atoms with Gasteiger partial charge in [0.2, 0.25) is 0 Å². The van der Waals surface area contributed by atoms with Crippen molar-refractivity contribution in [3.05, 3.63) is 59.1 Å². The molecule has 1 atom stereocenters. The number of carbonyl (C=O) groups is 1. The van der Waals surface area contributed by atoms with Gasteiger partial charge in [-0.1, -0.05) is 41.9 Å². The van der Waals surface area contributed by atoms with Gasteiger partial charge in [-0.05, 0) is 23.8 Å². The number of ether oxygens (including phenoxy) is 1. The van der Waals surface area contributed by atoms with Crippen molar-refractivity contribution < 1.29 is 14.6 Å². The largest absolute Gasteiger partial charge is 0.495 e. The molecule has 0 amide bonds. The summed E-state index contributed by atoms with van der Waals surface area (Å²) in [7, 11) is 1.53. The Morgan fingerprint density at radius 1 is 1.25 bits per heavy atom. The van der Waals surface area contributed by atoms with Crippen molar-refractivity contribution in [2.75, 3.05) is 12.4 Å². The Morgan fingerprint density at radius 2 is 1.95 bits per heavy atom. The van der Waals surface area contributed by atoms with Crippen LogP contribution in [0.4, 0.5) is 5.69 Å². The standard InChI is InChI=1S/C15H14ClNO3/c1-20-13-8-7-11(9-12(13)16)17-14(15(18)19)10-5-3-2-4-6-10/h2-9,14,17H,1H3,(H,18,19). The second-order valence-corrected chi connectivity index (χ2v) is 4.58. The summed E-state index contributed by atoms with van der Waals surface area (Å²) in [5.74, 6) is -0.410. The van der Waals surface area contributed by atoms with Crippen LogP contribution in [-0.2, 0) is 4.79 Å². The zero-order valence-corrected chi connectivity index (χ0v) is 11.6. The van der Waals surface area contributed by atoms with Gasteiger partial charge in [0.25, 0.3) is 0 Å². The Morgan fingerprint density at radius 3 is 2.50 bits per heavy atom. The van der Waals surface area contributed by atoms with Gasteiger partial charge in [-0.3, -0.25) is 0 Å². The van der Waals surface area contributed by atoms with Crippen LogP contribution in [0.2, 0.25) is 5.02 Å². The van der Waals surface area contributed by atoms with E-state index in [0.717, 1.165) is 0 Å². The Balaban J connectivity index is 2.25. The van der Waals surface area contributed by atoms with E-state index >= 15 is 0 Å². The fourth-order valence-corrected chi connectivity index (χ4v) is 2.11. The predicted octanol–water partition coefficient (Wildman–Crippen LogP) is 3.59. The summed E-state index contributed by atoms with van der Waals surface area (Å²) in [4.78, 5) is 11.4. The summed E-state index contributed by atoms with van der Waals surface area (Å²) in [6, 6.07) is 13.2. The van der Waals surface area contributed by atoms with Crippen molar-refractivity contribution in [1.29, 1.82) is 0 Å². The van der Waals surface area contributed by atoms with Crippen LogP contribution in [0.25, 0.3) is 0 Å². The van der Waals surface area contributed by atoms with Gasteiger partial charge in [0.1, 0.15) is 5.75 Å². The summed E-state index contributed by atoms with van der Waals surface area (Å²) >= 11 is 6.03. The highest BCUT2D eigenvalue weighted by atomic mass is 35.5. The Bertz CT molecular complexity index is 601. The van der Waals surface area contributed by atoms with Crippen LogP contribution < -0.4 is 10.1 Å². The second kappa shape index (κ2) is 6.30. The van der Waals surface area contributed by atoms with Gasteiger partial charge in [0, 0.05) is 5.69 Å². The van der Waals surface area contributed by atoms with Crippen molar-refractivity contribution in [2.45, 2.75) is 6.04 Å². The topological polar surface area (TPSA) is 58.6 Å². The summed E-state index contributed by atoms with van der Waals surface area (Å²) in [5, 5.41) is 12.7. The van der Waals surface area contributed by atoms with Gasteiger partial charge in [0.05, 0.1) is 12.1 Å². The van der Waals surface area contributed by atoms with Crippen LogP contribution in [0.15, 0.2) is 48.5 Å². The van der Waals surface area contributed by atoms with E-state index in [-0.39, 0.29) is 0 Å². The number of methoxy groups -OCH3 is 1. The molecule has 2 aromatic carbocycles. The molecule has 104 valence electrons. The average molecular weight is 292 g/mol. The van der Waals surface area contributed by atoms with Crippen molar-refractivity contribution in [3.8, 4) is 5.75 Å². The lowest BCUT2D eigenvalue weighted by Crippen LogP contribution is -2.20. The number of benzene rings is 2. The number of rotatable bonds is 5. The molecule has 0 aliphatic carbocycles. The first-order chi connectivity index (χ1) is 9.61. The summed E-state index contributed by atoms with van der Waals surface area (Å²) < 4.78 is 5.06. The highest BCUT2D eigenvalue weighted by Crippen LogP contribution is 2.29. The smallest absolute Gasteiger partial charge is 0.330 e. The number of aliphatic carboxylic acids is 1. The van der Waals surface area contributed by atoms with E-state index < -0.39 is 12.0 Å². The minimum Gasteiger partial charge on any atom is -0.495 e. The van der Waals surface area contributed by atoms with E-state index in [4.69, 9.17) is 16.3 Å². The quantitative estimate of drug-likeness (QED) is 0.884. The summed E-state index contributed by atoms with van der Waals surface area (Å²) in [5.41, 5.74) is 1.29. The van der Waals surface area contributed by atoms with Gasteiger partial charge < -0.3 is 15.2 Å². The summed E-state index contributed by atoms with van der Waals surface area (Å²) in [6.07, 6.45) is 0. The van der Waals surface area contributed by atoms with Crippen molar-refractivity contribution in [2.24, 2.45) is 0 Å². The van der Waals surface area contributed by atoms with Crippen LogP contribution >= 0.6 is 11.6 Å². The summed E-state index contributed by atoms with van der Waals surface area (Å²) in [6.45, 7) is 0. The fraction of sp³-hybridized carbons (Fsp3) is 0.133. The SMILES string of the molecule is COc1ccc(NC(C(=O)O)c2ccccc2)cc1Cl. The average Bonchev–Trinajstić information content (AvgIpc) is 2.45. The van der Waals surface area contributed by atoms with Gasteiger partial charge >= 0.3 is 5.97 Å². The number of halogens is 1. The number of hydrogen-bond donors (Lipinski definition) is 2. The maximum absolute atomic E-state index is 11.4. The zero-order valence-electron chi connectivity index (χ0n) is 10.8. The van der Waals surface area contributed by atoms with Crippen LogP contribution in [0.1, 0.15) is 11.6 Å². The molecule has 0 spiro atoms. The highest BCUT2D eigenvalue weighted by molar-refractivity contribution is 6.32. The first-order valence-corrected chi connectivity index (χ1v) is 6.37. The first-order valence-electron chi connectivity index (χ1n) is 5.99. The third-order valence-corrected chi connectivity index (χ3v) is 3.14. The zero-order chi connectivity index (χ0) is 14.5. The van der Waals surface area contributed by atoms with Crippen LogP contribution in [-0.4, -0.2) is 18.2 Å². The molecular formula is C15H14ClNO3. The molecular weight excluding hydrogens is 278 g/mol. The number of hydrogen-bond acceptors (Lipinski definition) is 3. The predicted molar refractivity (Wildman–Crippen MR) is 78.4 cm³/mol. The number of anilines is 1. The van der Waals surface area contributed by atoms with E-state index in [2.05, 4.69) is 5.32 Å². The van der Waals surface area contributed by atoms with Crippen molar-refractivity contribution >= 4 is 23.3 Å². The number of nitrogens with one attached hydrogen (secondary N) is 1. The van der Waals surface area contributed by atoms with E-state index in [9.17, 15) is 9.90 Å². The molecule has 0 fully saturated rings. The fourth-order valence-electron chi connectivity index (χ4n) is 1.86. The van der Waals surface area contributed by atoms with E-state index in [1.165, 1.54) is 7.11 Å². The molecule has 4 nitrogen and oxygen atoms in total. The van der Waals surface area contributed by atoms with Gasteiger partial charge in [-0.2, -0.15) is 0 Å². The molecule has 1 unspecified atom stereocenters. The minimum atomic E-state index is -0.955. The Labute approximate surface area is 122 Å². The molecule has 0 aliphatic heterocycles. The molecule has 0 heterocycles. The first kappa shape index (κ1) is 14.2. The maximum atomic E-state index is 11.4. The van der Waals surface area contributed by atoms with Gasteiger partial charge in [-0.15, -0.1) is 0 Å². The molecule has 2 aromatic rings. The molecule has 0 saturated heterocycles. The molecule has 20 heavy (non-hydrogen) atoms. The van der Waals surface area contributed by atoms with Crippen molar-refractivity contribution in [3.63, 3.8) is 0 Å².